The summed E-state index contributed by atoms with van der Waals surface area (Å²) in [6.45, 7) is 8.98. The van der Waals surface area contributed by atoms with E-state index in [-0.39, 0.29) is 12.0 Å². The van der Waals surface area contributed by atoms with Crippen molar-refractivity contribution in [1.29, 1.82) is 5.26 Å². The average molecular weight is 336 g/mol. The van der Waals surface area contributed by atoms with Gasteiger partial charge >= 0.3 is 0 Å². The number of rotatable bonds is 8. The predicted molar refractivity (Wildman–Crippen MR) is 104 cm³/mol. The lowest BCUT2D eigenvalue weighted by atomic mass is 9.66. The molecule has 2 atom stereocenters. The normalized spacial score (nSPS) is 14.4. The van der Waals surface area contributed by atoms with E-state index < -0.39 is 5.41 Å². The van der Waals surface area contributed by atoms with Gasteiger partial charge in [0.05, 0.1) is 12.7 Å². The van der Waals surface area contributed by atoms with Gasteiger partial charge in [0.2, 0.25) is 0 Å². The molecule has 0 heterocycles. The van der Waals surface area contributed by atoms with Gasteiger partial charge in [-0.2, -0.15) is 5.26 Å². The highest BCUT2D eigenvalue weighted by Crippen LogP contribution is 2.38. The number of hydrogen-bond donors (Lipinski definition) is 1. The molecule has 2 unspecified atom stereocenters. The minimum absolute atomic E-state index is 0.00298. The SMILES string of the molecule is CCOc1cccc(NC(CC)C(C#N)(c2ccccc2)C(C)C)c1. The van der Waals surface area contributed by atoms with E-state index in [0.29, 0.717) is 6.61 Å². The Morgan fingerprint density at radius 2 is 1.80 bits per heavy atom. The molecule has 2 aromatic carbocycles. The lowest BCUT2D eigenvalue weighted by molar-refractivity contribution is 0.333. The molecule has 0 spiro atoms. The van der Waals surface area contributed by atoms with Gasteiger partial charge in [-0.1, -0.05) is 57.2 Å². The van der Waals surface area contributed by atoms with Crippen LogP contribution >= 0.6 is 0 Å². The molecule has 0 aromatic heterocycles. The molecular formula is C22H28N2O. The first kappa shape index (κ1) is 18.9. The van der Waals surface area contributed by atoms with Crippen LogP contribution in [0.4, 0.5) is 5.69 Å². The van der Waals surface area contributed by atoms with Gasteiger partial charge in [0, 0.05) is 17.8 Å². The van der Waals surface area contributed by atoms with Gasteiger partial charge in [-0.25, -0.2) is 0 Å². The van der Waals surface area contributed by atoms with E-state index in [0.717, 1.165) is 23.4 Å². The predicted octanol–water partition coefficient (Wildman–Crippen LogP) is 5.39. The van der Waals surface area contributed by atoms with Crippen LogP contribution in [-0.2, 0) is 5.41 Å². The molecule has 0 aliphatic heterocycles. The minimum atomic E-state index is -0.600. The summed E-state index contributed by atoms with van der Waals surface area (Å²) in [5, 5.41) is 13.8. The third kappa shape index (κ3) is 3.96. The summed E-state index contributed by atoms with van der Waals surface area (Å²) in [6, 6.07) is 20.7. The average Bonchev–Trinajstić information content (AvgIpc) is 2.63. The number of ether oxygens (including phenoxy) is 1. The third-order valence-electron chi connectivity index (χ3n) is 4.79. The van der Waals surface area contributed by atoms with E-state index in [4.69, 9.17) is 4.74 Å². The number of nitriles is 1. The molecular weight excluding hydrogens is 308 g/mol. The van der Waals surface area contributed by atoms with Crippen molar-refractivity contribution in [2.45, 2.75) is 45.6 Å². The van der Waals surface area contributed by atoms with Gasteiger partial charge in [0.15, 0.2) is 0 Å². The number of hydrogen-bond acceptors (Lipinski definition) is 3. The largest absolute Gasteiger partial charge is 0.494 e. The zero-order valence-corrected chi connectivity index (χ0v) is 15.6. The van der Waals surface area contributed by atoms with E-state index in [1.807, 2.05) is 49.4 Å². The lowest BCUT2D eigenvalue weighted by Crippen LogP contribution is -2.47. The molecule has 3 heteroatoms. The van der Waals surface area contributed by atoms with Crippen molar-refractivity contribution in [3.05, 3.63) is 60.2 Å². The van der Waals surface area contributed by atoms with E-state index in [9.17, 15) is 5.26 Å². The molecule has 0 radical (unpaired) electrons. The van der Waals surface area contributed by atoms with Crippen LogP contribution in [0, 0.1) is 17.2 Å². The monoisotopic (exact) mass is 336 g/mol. The summed E-state index contributed by atoms with van der Waals surface area (Å²) in [6.07, 6.45) is 0.847. The fourth-order valence-corrected chi connectivity index (χ4v) is 3.50. The second-order valence-electron chi connectivity index (χ2n) is 6.57. The Kier molecular flexibility index (Phi) is 6.47. The van der Waals surface area contributed by atoms with Crippen LogP contribution in [-0.4, -0.2) is 12.6 Å². The van der Waals surface area contributed by atoms with Crippen molar-refractivity contribution >= 4 is 5.69 Å². The highest BCUT2D eigenvalue weighted by Gasteiger charge is 2.43. The summed E-state index contributed by atoms with van der Waals surface area (Å²) in [5.74, 6) is 1.02. The van der Waals surface area contributed by atoms with E-state index in [1.54, 1.807) is 0 Å². The third-order valence-corrected chi connectivity index (χ3v) is 4.79. The Morgan fingerprint density at radius 3 is 2.36 bits per heavy atom. The maximum Gasteiger partial charge on any atom is 0.121 e. The Bertz CT molecular complexity index is 705. The molecule has 0 fully saturated rings. The smallest absolute Gasteiger partial charge is 0.121 e. The highest BCUT2D eigenvalue weighted by atomic mass is 16.5. The van der Waals surface area contributed by atoms with Crippen LogP contribution in [0.3, 0.4) is 0 Å². The maximum atomic E-state index is 10.2. The Balaban J connectivity index is 2.41. The minimum Gasteiger partial charge on any atom is -0.494 e. The first-order chi connectivity index (χ1) is 12.1. The van der Waals surface area contributed by atoms with Crippen molar-refractivity contribution < 1.29 is 4.74 Å². The first-order valence-electron chi connectivity index (χ1n) is 9.04. The first-order valence-corrected chi connectivity index (χ1v) is 9.04. The Hall–Kier alpha value is -2.47. The van der Waals surface area contributed by atoms with E-state index >= 15 is 0 Å². The Morgan fingerprint density at radius 1 is 1.08 bits per heavy atom. The molecule has 25 heavy (non-hydrogen) atoms. The molecule has 0 saturated heterocycles. The van der Waals surface area contributed by atoms with Crippen LogP contribution in [0.25, 0.3) is 0 Å². The molecule has 132 valence electrons. The molecule has 3 nitrogen and oxygen atoms in total. The van der Waals surface area contributed by atoms with Gasteiger partial charge in [-0.3, -0.25) is 0 Å². The second kappa shape index (κ2) is 8.58. The Labute approximate surface area is 151 Å². The van der Waals surface area contributed by atoms with Crippen molar-refractivity contribution in [2.24, 2.45) is 5.92 Å². The van der Waals surface area contributed by atoms with Crippen molar-refractivity contribution in [3.8, 4) is 11.8 Å². The number of anilines is 1. The zero-order chi connectivity index (χ0) is 18.3. The van der Waals surface area contributed by atoms with Gasteiger partial charge < -0.3 is 10.1 Å². The van der Waals surface area contributed by atoms with Crippen LogP contribution < -0.4 is 10.1 Å². The summed E-state index contributed by atoms with van der Waals surface area (Å²) < 4.78 is 5.60. The summed E-state index contributed by atoms with van der Waals surface area (Å²) in [4.78, 5) is 0. The number of nitrogens with zero attached hydrogens (tertiary/aromatic N) is 1. The quantitative estimate of drug-likeness (QED) is 0.702. The number of nitrogens with one attached hydrogen (secondary N) is 1. The van der Waals surface area contributed by atoms with E-state index in [1.165, 1.54) is 0 Å². The molecule has 0 aliphatic carbocycles. The second-order valence-corrected chi connectivity index (χ2v) is 6.57. The van der Waals surface area contributed by atoms with Crippen molar-refractivity contribution in [1.82, 2.24) is 0 Å². The molecule has 2 aromatic rings. The lowest BCUT2D eigenvalue weighted by Gasteiger charge is -2.39. The maximum absolute atomic E-state index is 10.2. The van der Waals surface area contributed by atoms with Crippen LogP contribution in [0.2, 0.25) is 0 Å². The van der Waals surface area contributed by atoms with Gasteiger partial charge in [0.1, 0.15) is 11.2 Å². The van der Waals surface area contributed by atoms with Gasteiger partial charge in [-0.15, -0.1) is 0 Å². The van der Waals surface area contributed by atoms with Gasteiger partial charge in [-0.05, 0) is 37.0 Å². The zero-order valence-electron chi connectivity index (χ0n) is 15.6. The standard InChI is InChI=1S/C22H28N2O/c1-5-21(24-19-13-10-14-20(15-19)25-6-2)22(16-23,17(3)4)18-11-8-7-9-12-18/h7-15,17,21,24H,5-6H2,1-4H3. The fourth-order valence-electron chi connectivity index (χ4n) is 3.50. The summed E-state index contributed by atoms with van der Waals surface area (Å²) in [7, 11) is 0. The number of benzene rings is 2. The van der Waals surface area contributed by atoms with E-state index in [2.05, 4.69) is 44.3 Å². The summed E-state index contributed by atoms with van der Waals surface area (Å²) in [5.41, 5.74) is 1.44. The van der Waals surface area contributed by atoms with Crippen LogP contribution in [0.1, 0.15) is 39.7 Å². The molecule has 0 saturated carbocycles. The molecule has 1 N–H and O–H groups in total. The molecule has 0 bridgehead atoms. The topological polar surface area (TPSA) is 45.0 Å². The molecule has 0 aliphatic rings. The van der Waals surface area contributed by atoms with Crippen LogP contribution in [0.15, 0.2) is 54.6 Å². The molecule has 0 amide bonds. The van der Waals surface area contributed by atoms with Crippen LogP contribution in [0.5, 0.6) is 5.75 Å². The fraction of sp³-hybridized carbons (Fsp3) is 0.409. The van der Waals surface area contributed by atoms with Gasteiger partial charge in [0.25, 0.3) is 0 Å². The van der Waals surface area contributed by atoms with Crippen molar-refractivity contribution in [2.75, 3.05) is 11.9 Å². The summed E-state index contributed by atoms with van der Waals surface area (Å²) >= 11 is 0. The molecule has 2 rings (SSSR count). The van der Waals surface area contributed by atoms with Crippen molar-refractivity contribution in [3.63, 3.8) is 0 Å². The highest BCUT2D eigenvalue weighted by molar-refractivity contribution is 5.51.